The summed E-state index contributed by atoms with van der Waals surface area (Å²) < 4.78 is 20.7. The Morgan fingerprint density at radius 3 is 2.56 bits per heavy atom. The summed E-state index contributed by atoms with van der Waals surface area (Å²) in [6.07, 6.45) is 3.90. The van der Waals surface area contributed by atoms with Crippen molar-refractivity contribution < 1.29 is 14.2 Å². The van der Waals surface area contributed by atoms with Crippen molar-refractivity contribution in [2.75, 3.05) is 32.7 Å². The number of benzene rings is 2. The topological polar surface area (TPSA) is 97.3 Å². The Morgan fingerprint density at radius 1 is 1.00 bits per heavy atom. The number of hydrogen-bond donors (Lipinski definition) is 1. The van der Waals surface area contributed by atoms with Crippen molar-refractivity contribution >= 4 is 36.5 Å². The third-order valence-electron chi connectivity index (χ3n) is 6.41. The zero-order valence-electron chi connectivity index (χ0n) is 20.3. The molecule has 9 heteroatoms. The number of nitrogens with two attached hydrogens (primary N) is 1. The molecule has 3 atom stereocenters. The molecule has 1 saturated carbocycles. The van der Waals surface area contributed by atoms with Crippen molar-refractivity contribution in [1.82, 2.24) is 19.5 Å². The van der Waals surface area contributed by atoms with Crippen LogP contribution in [-0.4, -0.2) is 61.4 Å². The second kappa shape index (κ2) is 11.8. The molecule has 4 aromatic rings. The molecule has 0 spiro atoms. The molecule has 3 unspecified atom stereocenters. The van der Waals surface area contributed by atoms with E-state index in [9.17, 15) is 0 Å². The van der Waals surface area contributed by atoms with Gasteiger partial charge in [0.2, 0.25) is 0 Å². The van der Waals surface area contributed by atoms with E-state index in [4.69, 9.17) is 19.9 Å². The summed E-state index contributed by atoms with van der Waals surface area (Å²) in [5, 5.41) is 0. The number of methoxy groups -OCH3 is 1. The third kappa shape index (κ3) is 5.87. The minimum absolute atomic E-state index is 0.183. The fourth-order valence-corrected chi connectivity index (χ4v) is 7.54. The molecule has 1 aliphatic rings. The van der Waals surface area contributed by atoms with Gasteiger partial charge < -0.3 is 0 Å². The van der Waals surface area contributed by atoms with Gasteiger partial charge >= 0.3 is 218 Å². The van der Waals surface area contributed by atoms with Gasteiger partial charge in [0, 0.05) is 0 Å². The van der Waals surface area contributed by atoms with Crippen LogP contribution < -0.4 is 14.9 Å². The number of ether oxygens (including phenoxy) is 3. The predicted molar refractivity (Wildman–Crippen MR) is 141 cm³/mol. The Hall–Kier alpha value is -2.97. The first-order chi connectivity index (χ1) is 17.7. The number of aromatic nitrogens is 4. The molecule has 0 amide bonds. The van der Waals surface area contributed by atoms with Crippen LogP contribution in [0.1, 0.15) is 24.4 Å². The van der Waals surface area contributed by atoms with E-state index in [0.717, 1.165) is 25.1 Å². The van der Waals surface area contributed by atoms with Gasteiger partial charge in [0.1, 0.15) is 0 Å². The first-order valence-electron chi connectivity index (χ1n) is 12.2. The van der Waals surface area contributed by atoms with Gasteiger partial charge in [0.05, 0.1) is 0 Å². The van der Waals surface area contributed by atoms with Crippen LogP contribution >= 0.6 is 0 Å². The van der Waals surface area contributed by atoms with E-state index in [1.165, 1.54) is 10.0 Å². The van der Waals surface area contributed by atoms with Crippen LogP contribution in [0.25, 0.3) is 11.2 Å². The van der Waals surface area contributed by atoms with E-state index in [1.807, 2.05) is 12.4 Å². The molecule has 2 aromatic carbocycles. The van der Waals surface area contributed by atoms with Gasteiger partial charge in [-0.05, 0) is 0 Å². The average molecular weight is 553 g/mol. The summed E-state index contributed by atoms with van der Waals surface area (Å²) in [4.78, 5) is 14.0. The molecule has 0 radical (unpaired) electrons. The number of nitrogen functional groups attached to an aromatic ring is 1. The second-order valence-electron chi connectivity index (χ2n) is 8.91. The van der Waals surface area contributed by atoms with E-state index in [1.54, 1.807) is 7.11 Å². The van der Waals surface area contributed by atoms with Crippen LogP contribution in [0.4, 0.5) is 5.95 Å². The Balaban J connectivity index is 1.35. The molecule has 8 nitrogen and oxygen atoms in total. The van der Waals surface area contributed by atoms with Gasteiger partial charge in [-0.15, -0.1) is 0 Å². The quantitative estimate of drug-likeness (QED) is 0.225. The number of hydrogen-bond acceptors (Lipinski definition) is 7. The number of rotatable bonds is 11. The van der Waals surface area contributed by atoms with Gasteiger partial charge in [-0.25, -0.2) is 0 Å². The molecule has 2 aromatic heterocycles. The first-order valence-corrected chi connectivity index (χ1v) is 14.0. The predicted octanol–water partition coefficient (Wildman–Crippen LogP) is 3.42. The Morgan fingerprint density at radius 2 is 1.78 bits per heavy atom. The van der Waals surface area contributed by atoms with Crippen molar-refractivity contribution in [1.29, 1.82) is 0 Å². The fourth-order valence-electron chi connectivity index (χ4n) is 4.68. The Kier molecular flexibility index (Phi) is 8.13. The van der Waals surface area contributed by atoms with E-state index >= 15 is 0 Å². The summed E-state index contributed by atoms with van der Waals surface area (Å²) in [7, 11) is 1.63. The van der Waals surface area contributed by atoms with Crippen LogP contribution in [0.3, 0.4) is 0 Å². The average Bonchev–Trinajstić information content (AvgIpc) is 3.49. The van der Waals surface area contributed by atoms with Crippen LogP contribution in [0, 0.1) is 5.92 Å². The van der Waals surface area contributed by atoms with E-state index < -0.39 is 0 Å². The maximum absolute atomic E-state index is 6.23. The van der Waals surface area contributed by atoms with Gasteiger partial charge in [-0.3, -0.25) is 0 Å². The molecule has 1 fully saturated rings. The number of imidazole rings is 1. The van der Waals surface area contributed by atoms with Crippen LogP contribution in [0.5, 0.6) is 5.88 Å². The number of nitrogens with zero attached hydrogens (tertiary/aromatic N) is 4. The first kappa shape index (κ1) is 24.7. The monoisotopic (exact) mass is 553 g/mol. The molecule has 36 heavy (non-hydrogen) atoms. The molecule has 2 heterocycles. The van der Waals surface area contributed by atoms with Crippen LogP contribution in [0.2, 0.25) is 4.82 Å². The Labute approximate surface area is 217 Å². The number of anilines is 1. The maximum atomic E-state index is 6.23. The molecule has 2 N–H and O–H groups in total. The van der Waals surface area contributed by atoms with Gasteiger partial charge in [-0.2, -0.15) is 0 Å². The van der Waals surface area contributed by atoms with Gasteiger partial charge in [0.25, 0.3) is 0 Å². The summed E-state index contributed by atoms with van der Waals surface area (Å²) in [5.41, 5.74) is 8.59. The van der Waals surface area contributed by atoms with Crippen molar-refractivity contribution in [3.8, 4) is 5.88 Å². The number of fused-ring (bicyclic) bond motifs is 1. The van der Waals surface area contributed by atoms with Crippen molar-refractivity contribution in [3.63, 3.8) is 0 Å². The summed E-state index contributed by atoms with van der Waals surface area (Å²) in [6.45, 7) is 2.20. The van der Waals surface area contributed by atoms with E-state index in [2.05, 4.69) is 74.1 Å². The minimum atomic E-state index is 0.183. The molecular weight excluding hydrogens is 521 g/mol. The van der Waals surface area contributed by atoms with Crippen molar-refractivity contribution in [3.05, 3.63) is 72.6 Å². The Bertz CT molecular complexity index is 1250. The van der Waals surface area contributed by atoms with E-state index in [-0.39, 0.29) is 12.0 Å². The molecule has 0 saturated heterocycles. The van der Waals surface area contributed by atoms with Crippen molar-refractivity contribution in [2.24, 2.45) is 5.92 Å². The molecule has 0 aliphatic heterocycles. The zero-order chi connectivity index (χ0) is 24.7. The van der Waals surface area contributed by atoms with Crippen LogP contribution in [0.15, 0.2) is 67.0 Å². The second-order valence-corrected chi connectivity index (χ2v) is 11.7. The molecule has 1 aliphatic carbocycles. The summed E-state index contributed by atoms with van der Waals surface area (Å²) in [6, 6.07) is 21.4. The molecule has 0 bridgehead atoms. The van der Waals surface area contributed by atoms with Gasteiger partial charge in [0.15, 0.2) is 0 Å². The molecule has 5 rings (SSSR count). The fraction of sp³-hybridized carbons (Fsp3) is 0.370. The molecule has 188 valence electrons. The summed E-state index contributed by atoms with van der Waals surface area (Å²) in [5.74, 6) is 1.04. The normalized spacial score (nSPS) is 19.6. The SMILES string of the molecule is COCCOc1nc(N)nc2c1ncn2C1CC(COCc2ccccc2)C([Se]c2ccccc2)C1. The zero-order valence-corrected chi connectivity index (χ0v) is 22.0. The molecular formula is C27H31N5O3Se. The summed E-state index contributed by atoms with van der Waals surface area (Å²) >= 11 is 0.343. The van der Waals surface area contributed by atoms with E-state index in [0.29, 0.717) is 56.9 Å². The standard InChI is InChI=1S/C27H31N5O3Se/c1-33-12-13-35-26-24-25(30-27(28)31-26)32(18-29-24)21-14-20(17-34-16-19-8-4-2-5-9-19)23(15-21)36-22-10-6-3-7-11-22/h2-11,18,20-21,23H,12-17H2,1H3,(H2,28,30,31). The third-order valence-corrected chi connectivity index (χ3v) is 9.39. The van der Waals surface area contributed by atoms with Crippen molar-refractivity contribution in [2.45, 2.75) is 30.3 Å². The van der Waals surface area contributed by atoms with Crippen LogP contribution in [-0.2, 0) is 16.1 Å². The van der Waals surface area contributed by atoms with Gasteiger partial charge in [-0.1, -0.05) is 0 Å².